The molecule has 0 saturated heterocycles. The second kappa shape index (κ2) is 17.4. The molecule has 0 atom stereocenters. The maximum Gasteiger partial charge on any atom is 0.201 e. The van der Waals surface area contributed by atoms with Crippen LogP contribution < -0.4 is 4.74 Å². The van der Waals surface area contributed by atoms with Gasteiger partial charge >= 0.3 is 0 Å². The second-order valence-electron chi connectivity index (χ2n) is 13.9. The lowest BCUT2D eigenvalue weighted by atomic mass is 9.68. The maximum atomic E-state index is 15.5. The normalized spacial score (nSPS) is 21.7. The van der Waals surface area contributed by atoms with Gasteiger partial charge in [0.2, 0.25) is 5.82 Å². The molecule has 0 unspecified atom stereocenters. The summed E-state index contributed by atoms with van der Waals surface area (Å²) >= 11 is 0. The maximum absolute atomic E-state index is 15.5. The molecule has 47 heavy (non-hydrogen) atoms. The topological polar surface area (TPSA) is 9.23 Å². The van der Waals surface area contributed by atoms with Crippen LogP contribution in [0.3, 0.4) is 0 Å². The van der Waals surface area contributed by atoms with E-state index in [-0.39, 0.29) is 22.8 Å². The molecular formula is C42H52F4O. The Morgan fingerprint density at radius 3 is 1.83 bits per heavy atom. The molecule has 2 aliphatic carbocycles. The van der Waals surface area contributed by atoms with E-state index >= 15 is 13.2 Å². The van der Waals surface area contributed by atoms with Crippen molar-refractivity contribution in [2.24, 2.45) is 17.8 Å². The fourth-order valence-corrected chi connectivity index (χ4v) is 8.03. The van der Waals surface area contributed by atoms with Crippen molar-refractivity contribution in [1.29, 1.82) is 0 Å². The highest BCUT2D eigenvalue weighted by atomic mass is 19.2. The summed E-state index contributed by atoms with van der Waals surface area (Å²) in [4.78, 5) is 0. The number of benzene rings is 3. The van der Waals surface area contributed by atoms with Gasteiger partial charge in [-0.3, -0.25) is 0 Å². The van der Waals surface area contributed by atoms with Gasteiger partial charge in [-0.2, -0.15) is 4.39 Å². The lowest BCUT2D eigenvalue weighted by Crippen LogP contribution is -2.25. The van der Waals surface area contributed by atoms with E-state index in [1.807, 2.05) is 0 Å². The number of rotatable bonds is 14. The number of hydrogen-bond acceptors (Lipinski definition) is 1. The number of unbranched alkanes of at least 4 members (excludes halogenated alkanes) is 4. The van der Waals surface area contributed by atoms with E-state index in [2.05, 4.69) is 26.0 Å². The molecule has 0 radical (unpaired) electrons. The van der Waals surface area contributed by atoms with Gasteiger partial charge in [0, 0.05) is 11.1 Å². The first-order chi connectivity index (χ1) is 22.9. The summed E-state index contributed by atoms with van der Waals surface area (Å²) in [6.45, 7) is 4.57. The first-order valence-electron chi connectivity index (χ1n) is 18.2. The van der Waals surface area contributed by atoms with E-state index in [0.29, 0.717) is 29.2 Å². The van der Waals surface area contributed by atoms with Crippen molar-refractivity contribution in [3.63, 3.8) is 0 Å². The van der Waals surface area contributed by atoms with Gasteiger partial charge in [0.05, 0.1) is 6.61 Å². The summed E-state index contributed by atoms with van der Waals surface area (Å²) < 4.78 is 66.3. The zero-order valence-corrected chi connectivity index (χ0v) is 28.3. The first-order valence-corrected chi connectivity index (χ1v) is 18.2. The lowest BCUT2D eigenvalue weighted by Gasteiger charge is -2.38. The molecule has 0 amide bonds. The standard InChI is InChI=1S/C42H52F4O/c1-3-5-7-8-10-28-47-38-27-26-37(41(45)42(38)46)34-22-20-33(21-23-34)36-25-24-35(39(43)40(36)44)32-18-16-31(17-19-32)30-14-12-29(13-15-30)11-9-6-4-2/h4,6,20-27,29-32H,3,5,7-19,28H2,1-2H3/b6-4+. The Labute approximate surface area is 279 Å². The van der Waals surface area contributed by atoms with E-state index in [4.69, 9.17) is 4.74 Å². The summed E-state index contributed by atoms with van der Waals surface area (Å²) in [5.74, 6) is -1.31. The molecular weight excluding hydrogens is 596 g/mol. The molecule has 0 aromatic heterocycles. The second-order valence-corrected chi connectivity index (χ2v) is 13.9. The Balaban J connectivity index is 1.17. The highest BCUT2D eigenvalue weighted by Gasteiger charge is 2.32. The lowest BCUT2D eigenvalue weighted by molar-refractivity contribution is 0.156. The molecule has 3 aromatic carbocycles. The highest BCUT2D eigenvalue weighted by Crippen LogP contribution is 2.45. The molecule has 0 heterocycles. The number of allylic oxidation sites excluding steroid dienone is 2. The van der Waals surface area contributed by atoms with E-state index < -0.39 is 23.3 Å². The minimum absolute atomic E-state index is 0.0419. The summed E-state index contributed by atoms with van der Waals surface area (Å²) in [6, 6.07) is 12.9. The third kappa shape index (κ3) is 8.89. The van der Waals surface area contributed by atoms with E-state index in [0.717, 1.165) is 69.6 Å². The SMILES string of the molecule is C/C=C/CCC1CCC(C2CCC(c3ccc(-c4ccc(-c5ccc(OCCCCCCC)c(F)c5F)cc4)c(F)c3F)CC2)CC1. The summed E-state index contributed by atoms with van der Waals surface area (Å²) in [5.41, 5.74) is 1.69. The van der Waals surface area contributed by atoms with Crippen molar-refractivity contribution >= 4 is 0 Å². The van der Waals surface area contributed by atoms with E-state index in [1.165, 1.54) is 50.7 Å². The van der Waals surface area contributed by atoms with Crippen LogP contribution in [0.15, 0.2) is 60.7 Å². The van der Waals surface area contributed by atoms with Gasteiger partial charge in [-0.05, 0) is 117 Å². The van der Waals surface area contributed by atoms with E-state index in [9.17, 15) is 4.39 Å². The smallest absolute Gasteiger partial charge is 0.201 e. The third-order valence-corrected chi connectivity index (χ3v) is 10.9. The Hall–Kier alpha value is -3.08. The molecule has 2 saturated carbocycles. The molecule has 5 heteroatoms. The van der Waals surface area contributed by atoms with Crippen LogP contribution in [0.4, 0.5) is 17.6 Å². The summed E-state index contributed by atoms with van der Waals surface area (Å²) in [7, 11) is 0. The minimum Gasteiger partial charge on any atom is -0.490 e. The molecule has 3 aromatic rings. The minimum atomic E-state index is -1.01. The van der Waals surface area contributed by atoms with Gasteiger partial charge in [-0.1, -0.05) is 94.0 Å². The van der Waals surface area contributed by atoms with Crippen LogP contribution >= 0.6 is 0 Å². The molecule has 0 bridgehead atoms. The Morgan fingerprint density at radius 2 is 1.21 bits per heavy atom. The number of halogens is 4. The fraction of sp³-hybridized carbons (Fsp3) is 0.524. The van der Waals surface area contributed by atoms with Crippen LogP contribution in [-0.4, -0.2) is 6.61 Å². The van der Waals surface area contributed by atoms with Crippen molar-refractivity contribution in [1.82, 2.24) is 0 Å². The summed E-state index contributed by atoms with van der Waals surface area (Å²) in [6.07, 6.45) is 21.4. The van der Waals surface area contributed by atoms with Gasteiger partial charge in [0.15, 0.2) is 23.2 Å². The average Bonchev–Trinajstić information content (AvgIpc) is 3.10. The Bertz CT molecular complexity index is 1450. The predicted octanol–water partition coefficient (Wildman–Crippen LogP) is 13.4. The third-order valence-electron chi connectivity index (χ3n) is 10.9. The quantitative estimate of drug-likeness (QED) is 0.0960. The fourth-order valence-electron chi connectivity index (χ4n) is 8.03. The molecule has 1 nitrogen and oxygen atoms in total. The Morgan fingerprint density at radius 1 is 0.638 bits per heavy atom. The van der Waals surface area contributed by atoms with Crippen LogP contribution in [0.5, 0.6) is 5.75 Å². The van der Waals surface area contributed by atoms with Gasteiger partial charge in [0.1, 0.15) is 0 Å². The van der Waals surface area contributed by atoms with Gasteiger partial charge < -0.3 is 4.74 Å². The number of hydrogen-bond donors (Lipinski definition) is 0. The molecule has 0 spiro atoms. The van der Waals surface area contributed by atoms with E-state index in [1.54, 1.807) is 36.4 Å². The van der Waals surface area contributed by atoms with Crippen molar-refractivity contribution in [2.45, 2.75) is 116 Å². The van der Waals surface area contributed by atoms with Crippen molar-refractivity contribution in [3.05, 3.63) is 89.5 Å². The van der Waals surface area contributed by atoms with Crippen molar-refractivity contribution in [2.75, 3.05) is 6.61 Å². The largest absolute Gasteiger partial charge is 0.490 e. The molecule has 254 valence electrons. The van der Waals surface area contributed by atoms with Crippen molar-refractivity contribution < 1.29 is 22.3 Å². The zero-order valence-electron chi connectivity index (χ0n) is 28.3. The van der Waals surface area contributed by atoms with Crippen molar-refractivity contribution in [3.8, 4) is 28.0 Å². The Kier molecular flexibility index (Phi) is 13.0. The van der Waals surface area contributed by atoms with Gasteiger partial charge in [0.25, 0.3) is 0 Å². The molecule has 0 aliphatic heterocycles. The summed E-state index contributed by atoms with van der Waals surface area (Å²) in [5, 5.41) is 0. The molecule has 5 rings (SSSR count). The molecule has 2 aliphatic rings. The van der Waals surface area contributed by atoms with Crippen LogP contribution in [0.2, 0.25) is 0 Å². The number of ether oxygens (including phenoxy) is 1. The molecule has 2 fully saturated rings. The van der Waals surface area contributed by atoms with Crippen LogP contribution in [0, 0.1) is 41.0 Å². The first kappa shape index (κ1) is 35.2. The zero-order chi connectivity index (χ0) is 33.2. The van der Waals surface area contributed by atoms with Gasteiger partial charge in [-0.25, -0.2) is 13.2 Å². The van der Waals surface area contributed by atoms with Crippen LogP contribution in [-0.2, 0) is 0 Å². The molecule has 0 N–H and O–H groups in total. The highest BCUT2D eigenvalue weighted by molar-refractivity contribution is 5.72. The van der Waals surface area contributed by atoms with Crippen LogP contribution in [0.1, 0.15) is 122 Å². The monoisotopic (exact) mass is 648 g/mol. The predicted molar refractivity (Wildman–Crippen MR) is 186 cm³/mol. The average molecular weight is 649 g/mol. The van der Waals surface area contributed by atoms with Crippen LogP contribution in [0.25, 0.3) is 22.3 Å². The van der Waals surface area contributed by atoms with Gasteiger partial charge in [-0.15, -0.1) is 0 Å².